The van der Waals surface area contributed by atoms with Crippen molar-refractivity contribution in [2.75, 3.05) is 6.54 Å². The van der Waals surface area contributed by atoms with E-state index >= 15 is 0 Å². The van der Waals surface area contributed by atoms with Crippen molar-refractivity contribution in [1.29, 1.82) is 0 Å². The summed E-state index contributed by atoms with van der Waals surface area (Å²) in [4.78, 5) is 14.3. The van der Waals surface area contributed by atoms with E-state index in [4.69, 9.17) is 5.73 Å². The van der Waals surface area contributed by atoms with Crippen molar-refractivity contribution in [2.45, 2.75) is 50.2 Å². The van der Waals surface area contributed by atoms with Gasteiger partial charge < -0.3 is 15.2 Å². The van der Waals surface area contributed by atoms with E-state index in [9.17, 15) is 44.3 Å². The summed E-state index contributed by atoms with van der Waals surface area (Å²) in [6.07, 6.45) is -11.1. The molecule has 2 atom stereocenters. The van der Waals surface area contributed by atoms with E-state index in [0.29, 0.717) is 16.7 Å². The molecule has 2 heterocycles. The molecule has 0 fully saturated rings. The fourth-order valence-corrected chi connectivity index (χ4v) is 4.59. The standard InChI is InChI=1S/C24H20F9N5O/c25-16-11-18(27)17(26)8-13(16)7-14(34)10-20(39)37-5-6-38-21(35-36-22(38)24(31,32)33)19(37)9-12-3-1-2-4-15(12)23(28,29)30/h1-4,8,11,14,19H,5-7,9-10,34H2/t14-,19+/m1/s1. The molecule has 0 unspecified atom stereocenters. The number of alkyl halides is 6. The van der Waals surface area contributed by atoms with Crippen LogP contribution in [0.15, 0.2) is 36.4 Å². The topological polar surface area (TPSA) is 77.0 Å². The highest BCUT2D eigenvalue weighted by Gasteiger charge is 2.43. The fraction of sp³-hybridized carbons (Fsp3) is 0.375. The molecule has 0 saturated carbocycles. The number of fused-ring (bicyclic) bond motifs is 1. The largest absolute Gasteiger partial charge is 0.451 e. The summed E-state index contributed by atoms with van der Waals surface area (Å²) in [5.41, 5.74) is 4.32. The molecule has 2 N–H and O–H groups in total. The lowest BCUT2D eigenvalue weighted by Gasteiger charge is -2.37. The van der Waals surface area contributed by atoms with Gasteiger partial charge in [-0.1, -0.05) is 18.2 Å². The highest BCUT2D eigenvalue weighted by molar-refractivity contribution is 5.77. The van der Waals surface area contributed by atoms with E-state index in [1.807, 2.05) is 0 Å². The van der Waals surface area contributed by atoms with Gasteiger partial charge in [-0.2, -0.15) is 26.3 Å². The first-order valence-electron chi connectivity index (χ1n) is 11.5. The van der Waals surface area contributed by atoms with Crippen LogP contribution >= 0.6 is 0 Å². The average molecular weight is 565 g/mol. The maximum atomic E-state index is 14.0. The molecule has 15 heteroatoms. The molecule has 210 valence electrons. The third kappa shape index (κ3) is 6.02. The Morgan fingerprint density at radius 3 is 2.26 bits per heavy atom. The Bertz CT molecular complexity index is 1370. The van der Waals surface area contributed by atoms with Gasteiger partial charge in [-0.15, -0.1) is 10.2 Å². The molecule has 2 aromatic carbocycles. The predicted octanol–water partition coefficient (Wildman–Crippen LogP) is 4.82. The monoisotopic (exact) mass is 565 g/mol. The van der Waals surface area contributed by atoms with Crippen LogP contribution in [0.1, 0.15) is 40.8 Å². The van der Waals surface area contributed by atoms with Gasteiger partial charge in [-0.05, 0) is 29.7 Å². The Morgan fingerprint density at radius 1 is 0.923 bits per heavy atom. The Labute approximate surface area is 215 Å². The van der Waals surface area contributed by atoms with Crippen LogP contribution in [0, 0.1) is 17.5 Å². The van der Waals surface area contributed by atoms with Crippen LogP contribution < -0.4 is 5.73 Å². The van der Waals surface area contributed by atoms with Crippen molar-refractivity contribution in [3.63, 3.8) is 0 Å². The number of benzene rings is 2. The molecular formula is C24H20F9N5O. The minimum atomic E-state index is -4.90. The molecule has 0 saturated heterocycles. The molecule has 0 aliphatic carbocycles. The van der Waals surface area contributed by atoms with Crippen LogP contribution in [-0.2, 0) is 36.5 Å². The Kier molecular flexibility index (Phi) is 7.65. The Morgan fingerprint density at radius 2 is 1.59 bits per heavy atom. The van der Waals surface area contributed by atoms with E-state index in [1.54, 1.807) is 0 Å². The molecule has 0 spiro atoms. The molecule has 4 rings (SSSR count). The fourth-order valence-electron chi connectivity index (χ4n) is 4.59. The third-order valence-electron chi connectivity index (χ3n) is 6.34. The Balaban J connectivity index is 1.64. The third-order valence-corrected chi connectivity index (χ3v) is 6.34. The quantitative estimate of drug-likeness (QED) is 0.344. The van der Waals surface area contributed by atoms with E-state index < -0.39 is 85.0 Å². The molecule has 1 aliphatic heterocycles. The SMILES string of the molecule is N[C@@H](CC(=O)N1CCn2c(nnc2C(F)(F)F)[C@@H]1Cc1ccccc1C(F)(F)F)Cc1cc(F)c(F)cc1F. The maximum absolute atomic E-state index is 14.0. The summed E-state index contributed by atoms with van der Waals surface area (Å²) in [5.74, 6) is -6.32. The van der Waals surface area contributed by atoms with E-state index in [1.165, 1.54) is 6.07 Å². The van der Waals surface area contributed by atoms with Crippen LogP contribution in [0.25, 0.3) is 0 Å². The lowest BCUT2D eigenvalue weighted by atomic mass is 9.96. The van der Waals surface area contributed by atoms with Crippen LogP contribution in [-0.4, -0.2) is 38.2 Å². The molecule has 1 aromatic heterocycles. The molecule has 0 bridgehead atoms. The number of hydrogen-bond donors (Lipinski definition) is 1. The molecule has 1 aliphatic rings. The molecule has 6 nitrogen and oxygen atoms in total. The zero-order chi connectivity index (χ0) is 28.7. The first-order chi connectivity index (χ1) is 18.2. The van der Waals surface area contributed by atoms with Gasteiger partial charge >= 0.3 is 12.4 Å². The number of halogens is 9. The predicted molar refractivity (Wildman–Crippen MR) is 117 cm³/mol. The first-order valence-corrected chi connectivity index (χ1v) is 11.5. The van der Waals surface area contributed by atoms with Crippen LogP contribution in [0.5, 0.6) is 0 Å². The smallest absolute Gasteiger partial charge is 0.330 e. The summed E-state index contributed by atoms with van der Waals surface area (Å²) in [5, 5.41) is 6.72. The van der Waals surface area contributed by atoms with Gasteiger partial charge in [0.15, 0.2) is 17.5 Å². The number of nitrogens with zero attached hydrogens (tertiary/aromatic N) is 4. The zero-order valence-corrected chi connectivity index (χ0v) is 19.8. The number of amides is 1. The number of aromatic nitrogens is 3. The van der Waals surface area contributed by atoms with Gasteiger partial charge in [0.2, 0.25) is 11.7 Å². The van der Waals surface area contributed by atoms with Gasteiger partial charge in [0.25, 0.3) is 0 Å². The second kappa shape index (κ2) is 10.5. The lowest BCUT2D eigenvalue weighted by Crippen LogP contribution is -2.46. The van der Waals surface area contributed by atoms with Crippen LogP contribution in [0.3, 0.4) is 0 Å². The number of carbonyl (C=O) groups excluding carboxylic acids is 1. The lowest BCUT2D eigenvalue weighted by molar-refractivity contribution is -0.148. The second-order valence-electron chi connectivity index (χ2n) is 9.02. The average Bonchev–Trinajstić information content (AvgIpc) is 3.27. The van der Waals surface area contributed by atoms with Crippen LogP contribution in [0.2, 0.25) is 0 Å². The van der Waals surface area contributed by atoms with Crippen molar-refractivity contribution < 1.29 is 44.3 Å². The summed E-state index contributed by atoms with van der Waals surface area (Å²) in [6.45, 7) is -0.731. The summed E-state index contributed by atoms with van der Waals surface area (Å²) >= 11 is 0. The highest BCUT2D eigenvalue weighted by atomic mass is 19.4. The normalized spacial score (nSPS) is 16.8. The molecule has 3 aromatic rings. The molecule has 1 amide bonds. The maximum Gasteiger partial charge on any atom is 0.451 e. The minimum absolute atomic E-state index is 0.286. The van der Waals surface area contributed by atoms with Crippen LogP contribution in [0.4, 0.5) is 39.5 Å². The van der Waals surface area contributed by atoms with Crippen molar-refractivity contribution in [3.8, 4) is 0 Å². The van der Waals surface area contributed by atoms with E-state index in [0.717, 1.165) is 23.1 Å². The highest BCUT2D eigenvalue weighted by Crippen LogP contribution is 2.38. The molecule has 39 heavy (non-hydrogen) atoms. The number of nitrogens with two attached hydrogens (primary N) is 1. The number of carbonyl (C=O) groups is 1. The van der Waals surface area contributed by atoms with Gasteiger partial charge in [0.05, 0.1) is 11.6 Å². The van der Waals surface area contributed by atoms with Gasteiger partial charge in [-0.3, -0.25) is 4.79 Å². The number of hydrogen-bond acceptors (Lipinski definition) is 4. The minimum Gasteiger partial charge on any atom is -0.330 e. The van der Waals surface area contributed by atoms with Crippen molar-refractivity contribution in [3.05, 3.63) is 82.2 Å². The second-order valence-corrected chi connectivity index (χ2v) is 9.02. The van der Waals surface area contributed by atoms with E-state index in [2.05, 4.69) is 10.2 Å². The summed E-state index contributed by atoms with van der Waals surface area (Å²) in [6, 6.07) is 2.83. The van der Waals surface area contributed by atoms with Crippen molar-refractivity contribution in [1.82, 2.24) is 19.7 Å². The van der Waals surface area contributed by atoms with Crippen molar-refractivity contribution >= 4 is 5.91 Å². The number of rotatable bonds is 6. The molecular weight excluding hydrogens is 545 g/mol. The van der Waals surface area contributed by atoms with Gasteiger partial charge in [-0.25, -0.2) is 13.2 Å². The molecule has 0 radical (unpaired) electrons. The summed E-state index contributed by atoms with van der Waals surface area (Å²) in [7, 11) is 0. The first kappa shape index (κ1) is 28.4. The van der Waals surface area contributed by atoms with E-state index in [-0.39, 0.29) is 23.5 Å². The van der Waals surface area contributed by atoms with Gasteiger partial charge in [0, 0.05) is 38.0 Å². The summed E-state index contributed by atoms with van der Waals surface area (Å²) < 4.78 is 123. The Hall–Kier alpha value is -3.62. The van der Waals surface area contributed by atoms with Gasteiger partial charge in [0.1, 0.15) is 5.82 Å². The van der Waals surface area contributed by atoms with Crippen molar-refractivity contribution in [2.24, 2.45) is 5.73 Å². The zero-order valence-electron chi connectivity index (χ0n) is 19.8.